The van der Waals surface area contributed by atoms with Gasteiger partial charge in [-0.25, -0.2) is 9.97 Å². The molecule has 0 amide bonds. The zero-order chi connectivity index (χ0) is 14.8. The molecule has 0 bridgehead atoms. The number of aryl methyl sites for hydroxylation is 1. The van der Waals surface area contributed by atoms with E-state index in [0.717, 1.165) is 34.4 Å². The molecule has 0 saturated carbocycles. The van der Waals surface area contributed by atoms with Gasteiger partial charge >= 0.3 is 5.97 Å². The molecular weight excluding hydrogens is 304 g/mol. The Hall–Kier alpha value is -1.14. The van der Waals surface area contributed by atoms with Crippen LogP contribution in [0.3, 0.4) is 0 Å². The number of fused-ring (bicyclic) bond motifs is 3. The van der Waals surface area contributed by atoms with Crippen LogP contribution in [0.25, 0.3) is 10.2 Å². The molecule has 1 N–H and O–H groups in total. The van der Waals surface area contributed by atoms with Crippen LogP contribution >= 0.6 is 23.1 Å². The SMILES string of the molecule is CC1CCc2c(sc3ncnc(SCCCC(=O)O)c23)C1. The number of carboxylic acids is 1. The average molecular weight is 322 g/mol. The lowest BCUT2D eigenvalue weighted by atomic mass is 9.89. The van der Waals surface area contributed by atoms with Crippen LogP contribution in [0.15, 0.2) is 11.4 Å². The molecule has 1 unspecified atom stereocenters. The molecule has 2 aromatic rings. The highest BCUT2D eigenvalue weighted by molar-refractivity contribution is 7.99. The second-order valence-electron chi connectivity index (χ2n) is 5.56. The number of carbonyl (C=O) groups is 1. The van der Waals surface area contributed by atoms with Crippen molar-refractivity contribution in [2.24, 2.45) is 5.92 Å². The van der Waals surface area contributed by atoms with Crippen LogP contribution in [0.4, 0.5) is 0 Å². The number of hydrogen-bond donors (Lipinski definition) is 1. The van der Waals surface area contributed by atoms with Gasteiger partial charge in [0, 0.05) is 22.4 Å². The van der Waals surface area contributed by atoms with Crippen molar-refractivity contribution in [2.45, 2.75) is 44.1 Å². The molecule has 0 saturated heterocycles. The van der Waals surface area contributed by atoms with Gasteiger partial charge in [0.25, 0.3) is 0 Å². The first-order valence-corrected chi connectivity index (χ1v) is 9.05. The summed E-state index contributed by atoms with van der Waals surface area (Å²) in [6.45, 7) is 2.31. The first kappa shape index (κ1) is 14.8. The quantitative estimate of drug-likeness (QED) is 0.516. The Bertz CT molecular complexity index is 669. The molecule has 3 rings (SSSR count). The number of thiophene rings is 1. The van der Waals surface area contributed by atoms with Crippen LogP contribution in [-0.2, 0) is 17.6 Å². The molecule has 2 aromatic heterocycles. The standard InChI is InChI=1S/C15H18N2O2S2/c1-9-4-5-10-11(7-9)21-15-13(10)14(16-8-17-15)20-6-2-3-12(18)19/h8-9H,2-7H2,1H3,(H,18,19). The van der Waals surface area contributed by atoms with E-state index in [0.29, 0.717) is 6.42 Å². The van der Waals surface area contributed by atoms with E-state index in [1.807, 2.05) is 0 Å². The largest absolute Gasteiger partial charge is 0.481 e. The highest BCUT2D eigenvalue weighted by Crippen LogP contribution is 2.40. The fraction of sp³-hybridized carbons (Fsp3) is 0.533. The van der Waals surface area contributed by atoms with Crippen molar-refractivity contribution in [3.05, 3.63) is 16.8 Å². The normalized spacial score (nSPS) is 17.9. The molecule has 1 aliphatic carbocycles. The lowest BCUT2D eigenvalue weighted by Crippen LogP contribution is -2.08. The fourth-order valence-corrected chi connectivity index (χ4v) is 5.13. The lowest BCUT2D eigenvalue weighted by Gasteiger charge is -2.18. The minimum atomic E-state index is -0.731. The summed E-state index contributed by atoms with van der Waals surface area (Å²) in [5, 5.41) is 11.0. The Balaban J connectivity index is 1.84. The van der Waals surface area contributed by atoms with Gasteiger partial charge in [-0.3, -0.25) is 4.79 Å². The molecule has 0 radical (unpaired) electrons. The van der Waals surface area contributed by atoms with Crippen LogP contribution in [0.2, 0.25) is 0 Å². The van der Waals surface area contributed by atoms with Crippen LogP contribution < -0.4 is 0 Å². The van der Waals surface area contributed by atoms with E-state index in [-0.39, 0.29) is 6.42 Å². The molecule has 4 nitrogen and oxygen atoms in total. The molecule has 0 aliphatic heterocycles. The smallest absolute Gasteiger partial charge is 0.303 e. The van der Waals surface area contributed by atoms with Crippen molar-refractivity contribution in [3.8, 4) is 0 Å². The third kappa shape index (κ3) is 3.21. The molecule has 1 atom stereocenters. The first-order chi connectivity index (χ1) is 10.1. The third-order valence-electron chi connectivity index (χ3n) is 3.83. The zero-order valence-electron chi connectivity index (χ0n) is 12.0. The van der Waals surface area contributed by atoms with Crippen molar-refractivity contribution in [1.82, 2.24) is 9.97 Å². The van der Waals surface area contributed by atoms with Gasteiger partial charge in [0.05, 0.1) is 0 Å². The fourth-order valence-electron chi connectivity index (χ4n) is 2.75. The zero-order valence-corrected chi connectivity index (χ0v) is 13.6. The summed E-state index contributed by atoms with van der Waals surface area (Å²) in [6.07, 6.45) is 6.03. The summed E-state index contributed by atoms with van der Waals surface area (Å²) in [7, 11) is 0. The number of aliphatic carboxylic acids is 1. The predicted octanol–water partition coefficient (Wildman–Crippen LogP) is 3.77. The van der Waals surface area contributed by atoms with Gasteiger partial charge in [0.1, 0.15) is 16.2 Å². The maximum Gasteiger partial charge on any atom is 0.303 e. The third-order valence-corrected chi connectivity index (χ3v) is 6.07. The van der Waals surface area contributed by atoms with Gasteiger partial charge in [-0.1, -0.05) is 6.92 Å². The first-order valence-electron chi connectivity index (χ1n) is 7.25. The second kappa shape index (κ2) is 6.32. The molecular formula is C15H18N2O2S2. The van der Waals surface area contributed by atoms with E-state index in [4.69, 9.17) is 5.11 Å². The van der Waals surface area contributed by atoms with Crippen molar-refractivity contribution >= 4 is 39.3 Å². The Labute approximate surface area is 132 Å². The molecule has 6 heteroatoms. The Morgan fingerprint density at radius 1 is 1.52 bits per heavy atom. The molecule has 2 heterocycles. The minimum absolute atomic E-state index is 0.223. The van der Waals surface area contributed by atoms with Gasteiger partial charge < -0.3 is 5.11 Å². The van der Waals surface area contributed by atoms with Gasteiger partial charge in [-0.15, -0.1) is 23.1 Å². The summed E-state index contributed by atoms with van der Waals surface area (Å²) in [6, 6.07) is 0. The molecule has 21 heavy (non-hydrogen) atoms. The van der Waals surface area contributed by atoms with Crippen LogP contribution in [-0.4, -0.2) is 26.8 Å². The topological polar surface area (TPSA) is 63.1 Å². The number of thioether (sulfide) groups is 1. The molecule has 1 aliphatic rings. The van der Waals surface area contributed by atoms with Crippen LogP contribution in [0.1, 0.15) is 36.6 Å². The number of carboxylic acid groups (broad SMARTS) is 1. The van der Waals surface area contributed by atoms with E-state index < -0.39 is 5.97 Å². The predicted molar refractivity (Wildman–Crippen MR) is 86.2 cm³/mol. The summed E-state index contributed by atoms with van der Waals surface area (Å²) < 4.78 is 0. The summed E-state index contributed by atoms with van der Waals surface area (Å²) in [4.78, 5) is 22.0. The summed E-state index contributed by atoms with van der Waals surface area (Å²) in [5.41, 5.74) is 1.44. The molecule has 0 spiro atoms. The molecule has 112 valence electrons. The van der Waals surface area contributed by atoms with E-state index in [1.54, 1.807) is 29.4 Å². The maximum absolute atomic E-state index is 10.6. The van der Waals surface area contributed by atoms with Gasteiger partial charge in [-0.05, 0) is 37.2 Å². The number of nitrogens with zero attached hydrogens (tertiary/aromatic N) is 2. The minimum Gasteiger partial charge on any atom is -0.481 e. The van der Waals surface area contributed by atoms with Crippen molar-refractivity contribution < 1.29 is 9.90 Å². The van der Waals surface area contributed by atoms with Crippen LogP contribution in [0, 0.1) is 5.92 Å². The highest BCUT2D eigenvalue weighted by atomic mass is 32.2. The van der Waals surface area contributed by atoms with Gasteiger partial charge in [0.2, 0.25) is 0 Å². The highest BCUT2D eigenvalue weighted by Gasteiger charge is 2.23. The van der Waals surface area contributed by atoms with E-state index in [9.17, 15) is 4.79 Å². The van der Waals surface area contributed by atoms with E-state index in [2.05, 4.69) is 16.9 Å². The average Bonchev–Trinajstić information content (AvgIpc) is 2.81. The Morgan fingerprint density at radius 2 is 2.38 bits per heavy atom. The van der Waals surface area contributed by atoms with Crippen molar-refractivity contribution in [2.75, 3.05) is 5.75 Å². The molecule has 0 fully saturated rings. The number of hydrogen-bond acceptors (Lipinski definition) is 5. The maximum atomic E-state index is 10.6. The number of rotatable bonds is 5. The van der Waals surface area contributed by atoms with Crippen molar-refractivity contribution in [1.29, 1.82) is 0 Å². The van der Waals surface area contributed by atoms with E-state index >= 15 is 0 Å². The van der Waals surface area contributed by atoms with Gasteiger partial charge in [0.15, 0.2) is 0 Å². The monoisotopic (exact) mass is 322 g/mol. The second-order valence-corrected chi connectivity index (χ2v) is 7.72. The Morgan fingerprint density at radius 3 is 3.19 bits per heavy atom. The van der Waals surface area contributed by atoms with E-state index in [1.165, 1.54) is 22.2 Å². The van der Waals surface area contributed by atoms with Crippen LogP contribution in [0.5, 0.6) is 0 Å². The van der Waals surface area contributed by atoms with Gasteiger partial charge in [-0.2, -0.15) is 0 Å². The van der Waals surface area contributed by atoms with Crippen molar-refractivity contribution in [3.63, 3.8) is 0 Å². The Kier molecular flexibility index (Phi) is 4.45. The summed E-state index contributed by atoms with van der Waals surface area (Å²) >= 11 is 3.47. The summed E-state index contributed by atoms with van der Waals surface area (Å²) in [5.74, 6) is 0.815. The molecule has 0 aromatic carbocycles. The number of aromatic nitrogens is 2. The lowest BCUT2D eigenvalue weighted by molar-refractivity contribution is -0.137.